The summed E-state index contributed by atoms with van der Waals surface area (Å²) in [5.41, 5.74) is 2.83. The average Bonchev–Trinajstić information content (AvgIpc) is 2.56. The second kappa shape index (κ2) is 2.23. The molecule has 0 aromatic rings. The van der Waals surface area contributed by atoms with E-state index in [-0.39, 0.29) is 5.41 Å². The SMILES string of the molecule is C1=CC2=CC=C3C=CC=CC23C=C1. The van der Waals surface area contributed by atoms with Gasteiger partial charge >= 0.3 is 0 Å². The first-order valence-corrected chi connectivity index (χ1v) is 4.57. The van der Waals surface area contributed by atoms with Gasteiger partial charge in [-0.1, -0.05) is 60.8 Å². The van der Waals surface area contributed by atoms with E-state index >= 15 is 0 Å². The van der Waals surface area contributed by atoms with E-state index in [4.69, 9.17) is 0 Å². The molecule has 0 saturated carbocycles. The molecule has 0 aromatic heterocycles. The highest BCUT2D eigenvalue weighted by Crippen LogP contribution is 2.47. The van der Waals surface area contributed by atoms with Crippen LogP contribution in [0.3, 0.4) is 0 Å². The van der Waals surface area contributed by atoms with E-state index in [9.17, 15) is 0 Å². The van der Waals surface area contributed by atoms with Crippen molar-refractivity contribution in [3.8, 4) is 0 Å². The molecule has 0 amide bonds. The number of hydrogen-bond acceptors (Lipinski definition) is 0. The van der Waals surface area contributed by atoms with Crippen molar-refractivity contribution < 1.29 is 0 Å². The maximum atomic E-state index is 2.26. The number of rotatable bonds is 0. The van der Waals surface area contributed by atoms with Gasteiger partial charge in [-0.05, 0) is 11.1 Å². The highest BCUT2D eigenvalue weighted by Gasteiger charge is 2.35. The molecule has 0 atom stereocenters. The summed E-state index contributed by atoms with van der Waals surface area (Å²) < 4.78 is 0. The van der Waals surface area contributed by atoms with E-state index in [0.29, 0.717) is 0 Å². The topological polar surface area (TPSA) is 0 Å². The van der Waals surface area contributed by atoms with Gasteiger partial charge in [-0.3, -0.25) is 0 Å². The number of hydrogen-bond donors (Lipinski definition) is 0. The highest BCUT2D eigenvalue weighted by atomic mass is 14.4. The number of allylic oxidation sites excluding steroid dienone is 12. The Morgan fingerprint density at radius 1 is 0.692 bits per heavy atom. The lowest BCUT2D eigenvalue weighted by Crippen LogP contribution is -2.19. The van der Waals surface area contributed by atoms with Crippen molar-refractivity contribution in [3.63, 3.8) is 0 Å². The summed E-state index contributed by atoms with van der Waals surface area (Å²) in [5.74, 6) is 0. The maximum absolute atomic E-state index is 2.26. The summed E-state index contributed by atoms with van der Waals surface area (Å²) in [6, 6.07) is 0. The van der Waals surface area contributed by atoms with Crippen LogP contribution in [0.25, 0.3) is 0 Å². The van der Waals surface area contributed by atoms with Crippen molar-refractivity contribution >= 4 is 0 Å². The van der Waals surface area contributed by atoms with Gasteiger partial charge in [0.15, 0.2) is 0 Å². The monoisotopic (exact) mass is 166 g/mol. The third kappa shape index (κ3) is 0.752. The molecule has 1 spiro atoms. The Morgan fingerprint density at radius 3 is 1.77 bits per heavy atom. The van der Waals surface area contributed by atoms with Crippen molar-refractivity contribution in [3.05, 3.63) is 71.9 Å². The largest absolute Gasteiger partial charge is 0.0658 e. The van der Waals surface area contributed by atoms with Crippen LogP contribution < -0.4 is 0 Å². The first-order valence-electron chi connectivity index (χ1n) is 4.57. The molecular formula is C13H10. The quantitative estimate of drug-likeness (QED) is 0.518. The molecule has 0 heterocycles. The average molecular weight is 166 g/mol. The predicted molar refractivity (Wildman–Crippen MR) is 55.2 cm³/mol. The molecule has 3 aliphatic carbocycles. The van der Waals surface area contributed by atoms with Crippen molar-refractivity contribution in [2.75, 3.05) is 0 Å². The Bertz CT molecular complexity index is 381. The predicted octanol–water partition coefficient (Wildman–Crippen LogP) is 3.09. The normalized spacial score (nSPS) is 25.2. The second-order valence-corrected chi connectivity index (χ2v) is 3.55. The van der Waals surface area contributed by atoms with E-state index < -0.39 is 0 Å². The van der Waals surface area contributed by atoms with Gasteiger partial charge in [0.1, 0.15) is 0 Å². The van der Waals surface area contributed by atoms with Crippen LogP contribution in [0.15, 0.2) is 71.9 Å². The maximum Gasteiger partial charge on any atom is 0.0568 e. The fraction of sp³-hybridized carbons (Fsp3) is 0.0769. The fourth-order valence-electron chi connectivity index (χ4n) is 2.18. The molecule has 0 bridgehead atoms. The van der Waals surface area contributed by atoms with Gasteiger partial charge in [-0.2, -0.15) is 0 Å². The van der Waals surface area contributed by atoms with Gasteiger partial charge in [-0.25, -0.2) is 0 Å². The Hall–Kier alpha value is -1.56. The molecule has 0 fully saturated rings. The van der Waals surface area contributed by atoms with Gasteiger partial charge in [-0.15, -0.1) is 0 Å². The summed E-state index contributed by atoms with van der Waals surface area (Å²) in [6.45, 7) is 0. The van der Waals surface area contributed by atoms with Crippen LogP contribution in [0.4, 0.5) is 0 Å². The first kappa shape index (κ1) is 6.90. The summed E-state index contributed by atoms with van der Waals surface area (Å²) in [7, 11) is 0. The molecule has 62 valence electrons. The summed E-state index contributed by atoms with van der Waals surface area (Å²) in [5, 5.41) is 0. The summed E-state index contributed by atoms with van der Waals surface area (Å²) in [6.07, 6.45) is 21.8. The van der Waals surface area contributed by atoms with Gasteiger partial charge < -0.3 is 0 Å². The van der Waals surface area contributed by atoms with Crippen molar-refractivity contribution in [2.45, 2.75) is 0 Å². The van der Waals surface area contributed by atoms with Crippen molar-refractivity contribution in [1.29, 1.82) is 0 Å². The van der Waals surface area contributed by atoms with E-state index in [0.717, 1.165) is 0 Å². The van der Waals surface area contributed by atoms with Gasteiger partial charge in [0, 0.05) is 0 Å². The lowest BCUT2D eigenvalue weighted by molar-refractivity contribution is 0.743. The van der Waals surface area contributed by atoms with Crippen LogP contribution in [0.1, 0.15) is 0 Å². The van der Waals surface area contributed by atoms with E-state index in [1.807, 2.05) is 0 Å². The Balaban J connectivity index is 2.23. The molecule has 0 aliphatic heterocycles. The molecule has 13 heavy (non-hydrogen) atoms. The molecule has 0 N–H and O–H groups in total. The molecule has 0 unspecified atom stereocenters. The fourth-order valence-corrected chi connectivity index (χ4v) is 2.18. The molecule has 0 radical (unpaired) electrons. The standard InChI is InChI=1S/C13H10/c1-3-9-13-10-4-2-6-12(13)8-7-11(13)5-1/h1-10H. The Kier molecular flexibility index (Phi) is 1.18. The Morgan fingerprint density at radius 2 is 1.23 bits per heavy atom. The van der Waals surface area contributed by atoms with Gasteiger partial charge in [0.2, 0.25) is 0 Å². The summed E-state index contributed by atoms with van der Waals surface area (Å²) in [4.78, 5) is 0. The van der Waals surface area contributed by atoms with Crippen LogP contribution in [-0.2, 0) is 0 Å². The third-order valence-electron chi connectivity index (χ3n) is 2.89. The zero-order valence-electron chi connectivity index (χ0n) is 7.27. The van der Waals surface area contributed by atoms with E-state index in [1.54, 1.807) is 0 Å². The minimum Gasteiger partial charge on any atom is -0.0658 e. The molecule has 0 heteroatoms. The molecule has 3 aliphatic rings. The van der Waals surface area contributed by atoms with Gasteiger partial charge in [0.25, 0.3) is 0 Å². The van der Waals surface area contributed by atoms with Crippen LogP contribution in [0, 0.1) is 5.41 Å². The second-order valence-electron chi connectivity index (χ2n) is 3.55. The van der Waals surface area contributed by atoms with Crippen LogP contribution in [0.2, 0.25) is 0 Å². The smallest absolute Gasteiger partial charge is 0.0568 e. The summed E-state index contributed by atoms with van der Waals surface area (Å²) >= 11 is 0. The first-order chi connectivity index (χ1) is 6.42. The molecule has 0 aromatic carbocycles. The highest BCUT2D eigenvalue weighted by molar-refractivity contribution is 5.61. The van der Waals surface area contributed by atoms with Crippen LogP contribution >= 0.6 is 0 Å². The van der Waals surface area contributed by atoms with Crippen molar-refractivity contribution in [1.82, 2.24) is 0 Å². The molecule has 0 saturated heterocycles. The van der Waals surface area contributed by atoms with E-state index in [1.165, 1.54) is 11.1 Å². The zero-order chi connectivity index (χ0) is 8.73. The third-order valence-corrected chi connectivity index (χ3v) is 2.89. The lowest BCUT2D eigenvalue weighted by atomic mass is 9.72. The van der Waals surface area contributed by atoms with E-state index in [2.05, 4.69) is 60.8 Å². The molecule has 3 rings (SSSR count). The van der Waals surface area contributed by atoms with Crippen LogP contribution in [-0.4, -0.2) is 0 Å². The lowest BCUT2D eigenvalue weighted by Gasteiger charge is -2.30. The zero-order valence-corrected chi connectivity index (χ0v) is 7.27. The van der Waals surface area contributed by atoms with Crippen LogP contribution in [0.5, 0.6) is 0 Å². The minimum atomic E-state index is 0.0729. The van der Waals surface area contributed by atoms with Gasteiger partial charge in [0.05, 0.1) is 5.41 Å². The Labute approximate surface area is 78.0 Å². The minimum absolute atomic E-state index is 0.0729. The molecule has 0 nitrogen and oxygen atoms in total. The van der Waals surface area contributed by atoms with Crippen molar-refractivity contribution in [2.24, 2.45) is 5.41 Å². The molecular weight excluding hydrogens is 156 g/mol.